The van der Waals surface area contributed by atoms with Gasteiger partial charge in [0.15, 0.2) is 5.03 Å². The molecule has 17 heavy (non-hydrogen) atoms. The molecule has 5 nitrogen and oxygen atoms in total. The fourth-order valence-electron chi connectivity index (χ4n) is 1.98. The zero-order valence-electron chi connectivity index (χ0n) is 9.60. The topological polar surface area (TPSA) is 61.2 Å². The summed E-state index contributed by atoms with van der Waals surface area (Å²) in [6.07, 6.45) is 4.82. The van der Waals surface area contributed by atoms with Gasteiger partial charge >= 0.3 is 0 Å². The summed E-state index contributed by atoms with van der Waals surface area (Å²) < 4.78 is 29.6. The highest BCUT2D eigenvalue weighted by Gasteiger charge is 2.18. The molecule has 1 saturated heterocycles. The second-order valence-corrected chi connectivity index (χ2v) is 6.69. The average molecular weight is 279 g/mol. The highest BCUT2D eigenvalue weighted by molar-refractivity contribution is 8.13. The quantitative estimate of drug-likeness (QED) is 0.787. The number of imidazole rings is 1. The van der Waals surface area contributed by atoms with Gasteiger partial charge in [-0.1, -0.05) is 0 Å². The fraction of sp³-hybridized carbons (Fsp3) is 0.700. The van der Waals surface area contributed by atoms with Crippen LogP contribution in [0.4, 0.5) is 0 Å². The monoisotopic (exact) mass is 278 g/mol. The standard InChI is InChI=1S/C10H15ClN2O3S/c1-8-12-10(17(11,14)15)7-13(8)5-4-9-3-2-6-16-9/h7,9H,2-6H2,1H3. The number of rotatable bonds is 4. The van der Waals surface area contributed by atoms with Crippen LogP contribution in [0, 0.1) is 6.92 Å². The van der Waals surface area contributed by atoms with E-state index < -0.39 is 9.05 Å². The molecule has 96 valence electrons. The molecule has 1 aliphatic heterocycles. The number of hydrogen-bond acceptors (Lipinski definition) is 4. The van der Waals surface area contributed by atoms with Crippen LogP contribution in [0.15, 0.2) is 11.2 Å². The highest BCUT2D eigenvalue weighted by atomic mass is 35.7. The zero-order valence-corrected chi connectivity index (χ0v) is 11.2. The zero-order chi connectivity index (χ0) is 12.5. The maximum absolute atomic E-state index is 11.1. The summed E-state index contributed by atoms with van der Waals surface area (Å²) in [7, 11) is 1.51. The van der Waals surface area contributed by atoms with E-state index >= 15 is 0 Å². The first-order chi connectivity index (χ1) is 7.97. The lowest BCUT2D eigenvalue weighted by molar-refractivity contribution is 0.100. The Morgan fingerprint density at radius 3 is 2.94 bits per heavy atom. The molecule has 0 bridgehead atoms. The molecule has 0 spiro atoms. The Hall–Kier alpha value is -0.590. The van der Waals surface area contributed by atoms with E-state index in [0.717, 1.165) is 25.9 Å². The Labute approximate surface area is 105 Å². The van der Waals surface area contributed by atoms with E-state index in [4.69, 9.17) is 15.4 Å². The normalized spacial score (nSPS) is 20.9. The molecule has 1 atom stereocenters. The maximum atomic E-state index is 11.1. The minimum Gasteiger partial charge on any atom is -0.378 e. The third kappa shape index (κ3) is 3.20. The van der Waals surface area contributed by atoms with Crippen molar-refractivity contribution in [2.24, 2.45) is 0 Å². The van der Waals surface area contributed by atoms with Gasteiger partial charge in [0, 0.05) is 30.0 Å². The summed E-state index contributed by atoms with van der Waals surface area (Å²) in [4.78, 5) is 3.93. The first-order valence-electron chi connectivity index (χ1n) is 5.57. The second kappa shape index (κ2) is 4.96. The Bertz CT molecular complexity index is 492. The molecule has 2 rings (SSSR count). The smallest absolute Gasteiger partial charge is 0.280 e. The summed E-state index contributed by atoms with van der Waals surface area (Å²) in [5, 5.41) is -0.0796. The van der Waals surface area contributed by atoms with Crippen LogP contribution in [0.1, 0.15) is 25.1 Å². The first-order valence-corrected chi connectivity index (χ1v) is 7.88. The molecule has 0 amide bonds. The molecule has 7 heteroatoms. The number of halogens is 1. The van der Waals surface area contributed by atoms with Crippen molar-refractivity contribution in [3.63, 3.8) is 0 Å². The van der Waals surface area contributed by atoms with Crippen LogP contribution in [0.5, 0.6) is 0 Å². The van der Waals surface area contributed by atoms with Gasteiger partial charge in [-0.05, 0) is 26.2 Å². The van der Waals surface area contributed by atoms with Crippen molar-refractivity contribution >= 4 is 19.7 Å². The van der Waals surface area contributed by atoms with Crippen molar-refractivity contribution in [1.29, 1.82) is 0 Å². The van der Waals surface area contributed by atoms with Gasteiger partial charge in [0.2, 0.25) is 0 Å². The molecule has 1 aromatic rings. The molecular weight excluding hydrogens is 264 g/mol. The number of hydrogen-bond donors (Lipinski definition) is 0. The van der Waals surface area contributed by atoms with Gasteiger partial charge in [0.25, 0.3) is 9.05 Å². The van der Waals surface area contributed by atoms with Crippen LogP contribution in [-0.2, 0) is 20.3 Å². The highest BCUT2D eigenvalue weighted by Crippen LogP contribution is 2.18. The summed E-state index contributed by atoms with van der Waals surface area (Å²) in [6.45, 7) is 3.30. The third-order valence-electron chi connectivity index (χ3n) is 2.92. The van der Waals surface area contributed by atoms with Gasteiger partial charge in [-0.2, -0.15) is 0 Å². The first kappa shape index (κ1) is 12.9. The molecule has 1 aromatic heterocycles. The average Bonchev–Trinajstić information content (AvgIpc) is 2.83. The van der Waals surface area contributed by atoms with Gasteiger partial charge in [0.1, 0.15) is 5.82 Å². The predicted molar refractivity (Wildman–Crippen MR) is 63.6 cm³/mol. The lowest BCUT2D eigenvalue weighted by Crippen LogP contribution is -2.10. The Morgan fingerprint density at radius 1 is 1.65 bits per heavy atom. The minimum absolute atomic E-state index is 0.0796. The third-order valence-corrected chi connectivity index (χ3v) is 4.09. The minimum atomic E-state index is -3.73. The molecule has 2 heterocycles. The van der Waals surface area contributed by atoms with Crippen molar-refractivity contribution < 1.29 is 13.2 Å². The van der Waals surface area contributed by atoms with Crippen molar-refractivity contribution in [3.8, 4) is 0 Å². The van der Waals surface area contributed by atoms with Crippen molar-refractivity contribution in [2.45, 2.75) is 43.9 Å². The Morgan fingerprint density at radius 2 is 2.41 bits per heavy atom. The summed E-state index contributed by atoms with van der Waals surface area (Å²) >= 11 is 0. The molecule has 0 radical (unpaired) electrons. The lowest BCUT2D eigenvalue weighted by atomic mass is 10.2. The Balaban J connectivity index is 2.03. The second-order valence-electron chi connectivity index (χ2n) is 4.18. The van der Waals surface area contributed by atoms with E-state index in [2.05, 4.69) is 4.98 Å². The predicted octanol–water partition coefficient (Wildman–Crippen LogP) is 1.69. The van der Waals surface area contributed by atoms with Crippen LogP contribution in [-0.4, -0.2) is 30.7 Å². The maximum Gasteiger partial charge on any atom is 0.280 e. The van der Waals surface area contributed by atoms with Crippen LogP contribution in [0.25, 0.3) is 0 Å². The molecule has 0 aromatic carbocycles. The molecule has 1 aliphatic rings. The van der Waals surface area contributed by atoms with Crippen LogP contribution >= 0.6 is 10.7 Å². The number of ether oxygens (including phenoxy) is 1. The molecule has 0 aliphatic carbocycles. The molecule has 0 N–H and O–H groups in total. The van der Waals surface area contributed by atoms with Gasteiger partial charge in [-0.3, -0.25) is 0 Å². The van der Waals surface area contributed by atoms with E-state index in [-0.39, 0.29) is 11.1 Å². The number of aryl methyl sites for hydroxylation is 2. The van der Waals surface area contributed by atoms with Gasteiger partial charge in [0.05, 0.1) is 6.10 Å². The van der Waals surface area contributed by atoms with E-state index in [1.807, 2.05) is 0 Å². The van der Waals surface area contributed by atoms with E-state index in [9.17, 15) is 8.42 Å². The molecular formula is C10H15ClN2O3S. The van der Waals surface area contributed by atoms with Crippen molar-refractivity contribution in [2.75, 3.05) is 6.61 Å². The van der Waals surface area contributed by atoms with E-state index in [0.29, 0.717) is 12.4 Å². The fourth-order valence-corrected chi connectivity index (χ4v) is 2.70. The number of aromatic nitrogens is 2. The van der Waals surface area contributed by atoms with Gasteiger partial charge < -0.3 is 9.30 Å². The molecule has 1 unspecified atom stereocenters. The van der Waals surface area contributed by atoms with Gasteiger partial charge in [-0.25, -0.2) is 13.4 Å². The summed E-state index contributed by atoms with van der Waals surface area (Å²) in [5.74, 6) is 0.655. The van der Waals surface area contributed by atoms with Crippen LogP contribution in [0.3, 0.4) is 0 Å². The number of nitrogens with zero attached hydrogens (tertiary/aromatic N) is 2. The SMILES string of the molecule is Cc1nc(S(=O)(=O)Cl)cn1CCC1CCCO1. The van der Waals surface area contributed by atoms with Gasteiger partial charge in [-0.15, -0.1) is 0 Å². The summed E-state index contributed by atoms with van der Waals surface area (Å²) in [6, 6.07) is 0. The Kier molecular flexibility index (Phi) is 3.75. The van der Waals surface area contributed by atoms with Crippen LogP contribution < -0.4 is 0 Å². The van der Waals surface area contributed by atoms with E-state index in [1.165, 1.54) is 6.20 Å². The van der Waals surface area contributed by atoms with Crippen LogP contribution in [0.2, 0.25) is 0 Å². The van der Waals surface area contributed by atoms with E-state index in [1.54, 1.807) is 11.5 Å². The molecule has 0 saturated carbocycles. The lowest BCUT2D eigenvalue weighted by Gasteiger charge is -2.10. The van der Waals surface area contributed by atoms with Crippen molar-refractivity contribution in [3.05, 3.63) is 12.0 Å². The largest absolute Gasteiger partial charge is 0.378 e. The summed E-state index contributed by atoms with van der Waals surface area (Å²) in [5.41, 5.74) is 0. The molecule has 1 fully saturated rings. The van der Waals surface area contributed by atoms with Crippen molar-refractivity contribution in [1.82, 2.24) is 9.55 Å².